The van der Waals surface area contributed by atoms with Gasteiger partial charge in [-0.2, -0.15) is 0 Å². The zero-order valence-electron chi connectivity index (χ0n) is 16.5. The average molecular weight is 370 g/mol. The average Bonchev–Trinajstić information content (AvgIpc) is 2.68. The summed E-state index contributed by atoms with van der Waals surface area (Å²) < 4.78 is 0. The van der Waals surface area contributed by atoms with Crippen molar-refractivity contribution in [2.24, 2.45) is 5.41 Å². The first kappa shape index (κ1) is 19.6. The van der Waals surface area contributed by atoms with E-state index in [1.807, 2.05) is 9.80 Å². The van der Waals surface area contributed by atoms with Gasteiger partial charge in [0.15, 0.2) is 5.78 Å². The highest BCUT2D eigenvalue weighted by Gasteiger charge is 2.42. The summed E-state index contributed by atoms with van der Waals surface area (Å²) in [5.41, 5.74) is 1.17. The maximum Gasteiger partial charge on any atom is 0.253 e. The van der Waals surface area contributed by atoms with E-state index in [4.69, 9.17) is 0 Å². The summed E-state index contributed by atoms with van der Waals surface area (Å²) in [6, 6.07) is 7.00. The Morgan fingerprint density at radius 3 is 2.67 bits per heavy atom. The van der Waals surface area contributed by atoms with Crippen molar-refractivity contribution in [3.63, 3.8) is 0 Å². The van der Waals surface area contributed by atoms with Gasteiger partial charge in [0.1, 0.15) is 0 Å². The van der Waals surface area contributed by atoms with E-state index in [1.54, 1.807) is 24.3 Å². The third-order valence-corrected chi connectivity index (χ3v) is 5.99. The Bertz CT molecular complexity index is 730. The van der Waals surface area contributed by atoms with Crippen LogP contribution in [-0.4, -0.2) is 53.6 Å². The summed E-state index contributed by atoms with van der Waals surface area (Å²) in [5.74, 6) is 0.220. The number of rotatable bonds is 5. The first-order chi connectivity index (χ1) is 12.9. The highest BCUT2D eigenvalue weighted by molar-refractivity contribution is 5.99. The number of benzene rings is 1. The Morgan fingerprint density at radius 1 is 1.15 bits per heavy atom. The van der Waals surface area contributed by atoms with Gasteiger partial charge in [0, 0.05) is 49.1 Å². The lowest BCUT2D eigenvalue weighted by atomic mass is 9.73. The molecule has 1 aromatic carbocycles. The van der Waals surface area contributed by atoms with Crippen LogP contribution in [0.2, 0.25) is 0 Å². The number of nitrogens with zero attached hydrogens (tertiary/aromatic N) is 2. The third kappa shape index (κ3) is 4.40. The zero-order valence-corrected chi connectivity index (χ0v) is 16.5. The monoisotopic (exact) mass is 370 g/mol. The highest BCUT2D eigenvalue weighted by Crippen LogP contribution is 2.39. The number of piperidine rings is 2. The van der Waals surface area contributed by atoms with E-state index < -0.39 is 0 Å². The van der Waals surface area contributed by atoms with E-state index in [1.165, 1.54) is 6.92 Å². The van der Waals surface area contributed by atoms with Gasteiger partial charge in [-0.25, -0.2) is 0 Å². The fraction of sp³-hybridized carbons (Fsp3) is 0.591. The summed E-state index contributed by atoms with van der Waals surface area (Å²) in [5, 5.41) is 0. The molecule has 1 aromatic rings. The molecule has 0 aliphatic carbocycles. The molecule has 0 N–H and O–H groups in total. The van der Waals surface area contributed by atoms with Crippen molar-refractivity contribution in [3.8, 4) is 0 Å². The smallest absolute Gasteiger partial charge is 0.253 e. The van der Waals surface area contributed by atoms with Gasteiger partial charge in [-0.05, 0) is 44.7 Å². The first-order valence-electron chi connectivity index (χ1n) is 10.1. The van der Waals surface area contributed by atoms with Crippen LogP contribution in [0.5, 0.6) is 0 Å². The topological polar surface area (TPSA) is 57.7 Å². The van der Waals surface area contributed by atoms with Gasteiger partial charge in [0.05, 0.1) is 0 Å². The normalized spacial score (nSPS) is 23.0. The van der Waals surface area contributed by atoms with Crippen LogP contribution in [0, 0.1) is 5.41 Å². The molecule has 5 heteroatoms. The van der Waals surface area contributed by atoms with Crippen molar-refractivity contribution in [1.29, 1.82) is 0 Å². The second-order valence-electron chi connectivity index (χ2n) is 8.14. The lowest BCUT2D eigenvalue weighted by Gasteiger charge is -2.48. The standard InChI is InChI=1S/C22H30N2O3/c1-3-4-12-23-15-22(11-9-20(23)26)10-6-13-24(16-22)21(27)19-8-5-7-18(14-19)17(2)25/h5,7-8,14H,3-4,6,9-13,15-16H2,1-2H3/t22-/m1/s1. The molecule has 0 radical (unpaired) electrons. The van der Waals surface area contributed by atoms with E-state index in [2.05, 4.69) is 6.92 Å². The van der Waals surface area contributed by atoms with Gasteiger partial charge >= 0.3 is 0 Å². The Balaban J connectivity index is 1.73. The maximum atomic E-state index is 13.1. The van der Waals surface area contributed by atoms with Crippen molar-refractivity contribution in [3.05, 3.63) is 35.4 Å². The molecule has 2 aliphatic heterocycles. The Kier molecular flexibility index (Phi) is 5.98. The van der Waals surface area contributed by atoms with Crippen molar-refractivity contribution in [2.45, 2.75) is 52.4 Å². The minimum atomic E-state index is -0.0304. The van der Waals surface area contributed by atoms with Crippen LogP contribution in [0.1, 0.15) is 73.1 Å². The molecule has 0 bridgehead atoms. The molecular formula is C22H30N2O3. The Hall–Kier alpha value is -2.17. The number of ketones is 1. The molecular weight excluding hydrogens is 340 g/mol. The molecule has 2 saturated heterocycles. The van der Waals surface area contributed by atoms with Crippen LogP contribution in [0.25, 0.3) is 0 Å². The maximum absolute atomic E-state index is 13.1. The molecule has 5 nitrogen and oxygen atoms in total. The van der Waals surface area contributed by atoms with Gasteiger partial charge in [0.2, 0.25) is 5.91 Å². The molecule has 3 rings (SSSR count). The lowest BCUT2D eigenvalue weighted by molar-refractivity contribution is -0.139. The summed E-state index contributed by atoms with van der Waals surface area (Å²) in [6.07, 6.45) is 5.60. The van der Waals surface area contributed by atoms with Crippen LogP contribution in [0.4, 0.5) is 0 Å². The minimum absolute atomic E-state index is 0.00539. The number of unbranched alkanes of at least 4 members (excludes halogenated alkanes) is 1. The minimum Gasteiger partial charge on any atom is -0.342 e. The van der Waals surface area contributed by atoms with Crippen molar-refractivity contribution in [2.75, 3.05) is 26.2 Å². The van der Waals surface area contributed by atoms with Gasteiger partial charge < -0.3 is 9.80 Å². The van der Waals surface area contributed by atoms with Crippen molar-refractivity contribution in [1.82, 2.24) is 9.80 Å². The molecule has 0 aromatic heterocycles. The second-order valence-corrected chi connectivity index (χ2v) is 8.14. The first-order valence-corrected chi connectivity index (χ1v) is 10.1. The molecule has 2 aliphatic rings. The molecule has 1 spiro atoms. The lowest BCUT2D eigenvalue weighted by Crippen LogP contribution is -2.55. The summed E-state index contributed by atoms with van der Waals surface area (Å²) in [7, 11) is 0. The number of carbonyl (C=O) groups excluding carboxylic acids is 3. The predicted molar refractivity (Wildman–Crippen MR) is 105 cm³/mol. The van der Waals surface area contributed by atoms with Crippen LogP contribution in [0.15, 0.2) is 24.3 Å². The van der Waals surface area contributed by atoms with Crippen molar-refractivity contribution >= 4 is 17.6 Å². The summed E-state index contributed by atoms with van der Waals surface area (Å²) in [4.78, 5) is 40.9. The number of hydrogen-bond acceptors (Lipinski definition) is 3. The molecule has 1 atom stereocenters. The zero-order chi connectivity index (χ0) is 19.4. The molecule has 2 amide bonds. The van der Waals surface area contributed by atoms with Gasteiger partial charge in [0.25, 0.3) is 5.91 Å². The fourth-order valence-corrected chi connectivity index (χ4v) is 4.42. The Labute approximate surface area is 161 Å². The largest absolute Gasteiger partial charge is 0.342 e. The number of hydrogen-bond donors (Lipinski definition) is 0. The number of carbonyl (C=O) groups is 3. The Morgan fingerprint density at radius 2 is 1.93 bits per heavy atom. The summed E-state index contributed by atoms with van der Waals surface area (Å²) in [6.45, 7) is 6.69. The molecule has 27 heavy (non-hydrogen) atoms. The fourth-order valence-electron chi connectivity index (χ4n) is 4.42. The molecule has 2 fully saturated rings. The van der Waals surface area contributed by atoms with Crippen molar-refractivity contribution < 1.29 is 14.4 Å². The van der Waals surface area contributed by atoms with E-state index in [-0.39, 0.29) is 23.0 Å². The van der Waals surface area contributed by atoms with Gasteiger partial charge in [-0.15, -0.1) is 0 Å². The molecule has 146 valence electrons. The van der Waals surface area contributed by atoms with E-state index in [0.29, 0.717) is 24.1 Å². The van der Waals surface area contributed by atoms with Gasteiger partial charge in [-0.3, -0.25) is 14.4 Å². The number of Topliss-reactive ketones (excluding diaryl/α,β-unsaturated/α-hetero) is 1. The van der Waals surface area contributed by atoms with E-state index in [9.17, 15) is 14.4 Å². The quantitative estimate of drug-likeness (QED) is 0.745. The molecule has 0 unspecified atom stereocenters. The predicted octanol–water partition coefficient (Wildman–Crippen LogP) is 3.53. The van der Waals surface area contributed by atoms with Gasteiger partial charge in [-0.1, -0.05) is 25.5 Å². The van der Waals surface area contributed by atoms with E-state index in [0.717, 1.165) is 51.7 Å². The third-order valence-electron chi connectivity index (χ3n) is 5.99. The van der Waals surface area contributed by atoms with Crippen LogP contribution in [-0.2, 0) is 4.79 Å². The van der Waals surface area contributed by atoms with Crippen LogP contribution in [0.3, 0.4) is 0 Å². The molecule has 2 heterocycles. The highest BCUT2D eigenvalue weighted by atomic mass is 16.2. The van der Waals surface area contributed by atoms with E-state index >= 15 is 0 Å². The van der Waals surface area contributed by atoms with Crippen LogP contribution < -0.4 is 0 Å². The van der Waals surface area contributed by atoms with Crippen LogP contribution >= 0.6 is 0 Å². The number of amides is 2. The second kappa shape index (κ2) is 8.24. The molecule has 0 saturated carbocycles. The number of likely N-dealkylation sites (tertiary alicyclic amines) is 2. The summed E-state index contributed by atoms with van der Waals surface area (Å²) >= 11 is 0. The SMILES string of the molecule is CCCCN1C[C@@]2(CCCN(C(=O)c3cccc(C(C)=O)c3)C2)CCC1=O.